The van der Waals surface area contributed by atoms with E-state index in [2.05, 4.69) is 17.9 Å². The van der Waals surface area contributed by atoms with Crippen molar-refractivity contribution >= 4 is 11.5 Å². The maximum atomic E-state index is 11.7. The number of carbonyl (C=O) groups excluding carboxylic acids is 1. The first kappa shape index (κ1) is 12.2. The minimum atomic E-state index is 0.168. The van der Waals surface area contributed by atoms with Gasteiger partial charge in [-0.05, 0) is 44.7 Å². The van der Waals surface area contributed by atoms with E-state index in [0.29, 0.717) is 6.04 Å². The van der Waals surface area contributed by atoms with Crippen molar-refractivity contribution in [1.82, 2.24) is 0 Å². The summed E-state index contributed by atoms with van der Waals surface area (Å²) in [6.07, 6.45) is 4.97. The quantitative estimate of drug-likeness (QED) is 0.740. The largest absolute Gasteiger partial charge is 0.368 e. The number of anilines is 1. The number of para-hydroxylation sites is 1. The molecule has 1 unspecified atom stereocenters. The summed E-state index contributed by atoms with van der Waals surface area (Å²) in [5.74, 6) is 0.168. The highest BCUT2D eigenvalue weighted by molar-refractivity contribution is 5.99. The van der Waals surface area contributed by atoms with E-state index in [1.807, 2.05) is 18.2 Å². The molecule has 1 heterocycles. The maximum absolute atomic E-state index is 11.7. The molecule has 92 valence electrons. The van der Waals surface area contributed by atoms with Crippen LogP contribution >= 0.6 is 0 Å². The number of benzene rings is 1. The molecule has 1 aliphatic heterocycles. The number of Topliss-reactive ketones (excluding diaryl/α,β-unsaturated/α-hetero) is 1. The van der Waals surface area contributed by atoms with Gasteiger partial charge in [-0.3, -0.25) is 4.79 Å². The van der Waals surface area contributed by atoms with Crippen molar-refractivity contribution in [3.8, 4) is 0 Å². The van der Waals surface area contributed by atoms with Gasteiger partial charge in [-0.25, -0.2) is 0 Å². The molecule has 2 rings (SSSR count). The third-order valence-corrected chi connectivity index (χ3v) is 3.69. The average molecular weight is 231 g/mol. The zero-order chi connectivity index (χ0) is 12.3. The van der Waals surface area contributed by atoms with Crippen LogP contribution < -0.4 is 4.90 Å². The summed E-state index contributed by atoms with van der Waals surface area (Å²) in [7, 11) is 0. The minimum absolute atomic E-state index is 0.168. The molecule has 0 spiro atoms. The Morgan fingerprint density at radius 3 is 2.82 bits per heavy atom. The topological polar surface area (TPSA) is 20.3 Å². The number of piperidine rings is 1. The van der Waals surface area contributed by atoms with Crippen molar-refractivity contribution in [3.63, 3.8) is 0 Å². The fourth-order valence-corrected chi connectivity index (χ4v) is 2.76. The molecule has 1 fully saturated rings. The summed E-state index contributed by atoms with van der Waals surface area (Å²) in [6, 6.07) is 8.61. The zero-order valence-corrected chi connectivity index (χ0v) is 10.8. The number of carbonyl (C=O) groups is 1. The van der Waals surface area contributed by atoms with E-state index in [9.17, 15) is 4.79 Å². The number of rotatable bonds is 3. The molecule has 0 aliphatic carbocycles. The normalized spacial score (nSPS) is 20.4. The number of nitrogens with zero attached hydrogens (tertiary/aromatic N) is 1. The van der Waals surface area contributed by atoms with Crippen molar-refractivity contribution in [2.24, 2.45) is 0 Å². The Balaban J connectivity index is 2.34. The summed E-state index contributed by atoms with van der Waals surface area (Å²) in [5.41, 5.74) is 2.00. The van der Waals surface area contributed by atoms with Crippen LogP contribution in [-0.4, -0.2) is 18.4 Å². The molecule has 1 atom stereocenters. The van der Waals surface area contributed by atoms with Gasteiger partial charge in [0, 0.05) is 23.8 Å². The Bertz CT molecular complexity index is 400. The van der Waals surface area contributed by atoms with Crippen molar-refractivity contribution in [2.75, 3.05) is 11.4 Å². The minimum Gasteiger partial charge on any atom is -0.368 e. The molecule has 0 aromatic heterocycles. The van der Waals surface area contributed by atoms with Gasteiger partial charge in [0.15, 0.2) is 5.78 Å². The molecule has 0 amide bonds. The fraction of sp³-hybridized carbons (Fsp3) is 0.533. The van der Waals surface area contributed by atoms with Gasteiger partial charge in [-0.2, -0.15) is 0 Å². The third-order valence-electron chi connectivity index (χ3n) is 3.69. The van der Waals surface area contributed by atoms with E-state index in [1.54, 1.807) is 6.92 Å². The smallest absolute Gasteiger partial charge is 0.161 e. The molecule has 2 nitrogen and oxygen atoms in total. The lowest BCUT2D eigenvalue weighted by Crippen LogP contribution is -2.39. The van der Waals surface area contributed by atoms with Gasteiger partial charge in [0.05, 0.1) is 0 Å². The van der Waals surface area contributed by atoms with Crippen molar-refractivity contribution < 1.29 is 4.79 Å². The van der Waals surface area contributed by atoms with Crippen LogP contribution in [0.25, 0.3) is 0 Å². The molecule has 1 aromatic rings. The van der Waals surface area contributed by atoms with Gasteiger partial charge in [0.2, 0.25) is 0 Å². The van der Waals surface area contributed by atoms with E-state index >= 15 is 0 Å². The van der Waals surface area contributed by atoms with Gasteiger partial charge in [-0.1, -0.05) is 19.1 Å². The van der Waals surface area contributed by atoms with Gasteiger partial charge in [0.25, 0.3) is 0 Å². The van der Waals surface area contributed by atoms with E-state index < -0.39 is 0 Å². The SMILES string of the molecule is CCC1CCCCN1c1ccccc1C(C)=O. The average Bonchev–Trinajstić information content (AvgIpc) is 2.38. The molecule has 0 saturated carbocycles. The lowest BCUT2D eigenvalue weighted by atomic mass is 9.97. The first-order valence-electron chi connectivity index (χ1n) is 6.60. The second kappa shape index (κ2) is 5.35. The number of ketones is 1. The molecular formula is C15H21NO. The summed E-state index contributed by atoms with van der Waals surface area (Å²) in [6.45, 7) is 4.98. The predicted molar refractivity (Wildman–Crippen MR) is 71.7 cm³/mol. The molecule has 1 aromatic carbocycles. The summed E-state index contributed by atoms with van der Waals surface area (Å²) >= 11 is 0. The monoisotopic (exact) mass is 231 g/mol. The molecule has 1 saturated heterocycles. The van der Waals surface area contributed by atoms with E-state index in [4.69, 9.17) is 0 Å². The second-order valence-corrected chi connectivity index (χ2v) is 4.82. The fourth-order valence-electron chi connectivity index (χ4n) is 2.76. The van der Waals surface area contributed by atoms with Gasteiger partial charge in [0.1, 0.15) is 0 Å². The third kappa shape index (κ3) is 2.51. The Hall–Kier alpha value is -1.31. The molecule has 0 bridgehead atoms. The highest BCUT2D eigenvalue weighted by Crippen LogP contribution is 2.29. The standard InChI is InChI=1S/C15H21NO/c1-3-13-8-6-7-11-16(13)15-10-5-4-9-14(15)12(2)17/h4-5,9-10,13H,3,6-8,11H2,1-2H3. The van der Waals surface area contributed by atoms with Crippen LogP contribution in [0.4, 0.5) is 5.69 Å². The van der Waals surface area contributed by atoms with Crippen LogP contribution in [0.3, 0.4) is 0 Å². The second-order valence-electron chi connectivity index (χ2n) is 4.82. The van der Waals surface area contributed by atoms with Crippen LogP contribution in [-0.2, 0) is 0 Å². The van der Waals surface area contributed by atoms with Crippen LogP contribution in [0.1, 0.15) is 49.9 Å². The Morgan fingerprint density at radius 1 is 1.35 bits per heavy atom. The highest BCUT2D eigenvalue weighted by Gasteiger charge is 2.23. The zero-order valence-electron chi connectivity index (χ0n) is 10.8. The Kier molecular flexibility index (Phi) is 3.82. The first-order valence-corrected chi connectivity index (χ1v) is 6.60. The number of hydrogen-bond acceptors (Lipinski definition) is 2. The highest BCUT2D eigenvalue weighted by atomic mass is 16.1. The van der Waals surface area contributed by atoms with Crippen LogP contribution in [0.15, 0.2) is 24.3 Å². The van der Waals surface area contributed by atoms with Gasteiger partial charge in [-0.15, -0.1) is 0 Å². The first-order chi connectivity index (χ1) is 8.24. The Morgan fingerprint density at radius 2 is 2.12 bits per heavy atom. The van der Waals surface area contributed by atoms with Crippen molar-refractivity contribution in [1.29, 1.82) is 0 Å². The molecule has 1 aliphatic rings. The summed E-state index contributed by atoms with van der Waals surface area (Å²) < 4.78 is 0. The summed E-state index contributed by atoms with van der Waals surface area (Å²) in [4.78, 5) is 14.1. The van der Waals surface area contributed by atoms with Crippen LogP contribution in [0.5, 0.6) is 0 Å². The molecule has 0 N–H and O–H groups in total. The maximum Gasteiger partial charge on any atom is 0.161 e. The predicted octanol–water partition coefficient (Wildman–Crippen LogP) is 3.66. The van der Waals surface area contributed by atoms with E-state index in [0.717, 1.165) is 24.2 Å². The van der Waals surface area contributed by atoms with Gasteiger partial charge >= 0.3 is 0 Å². The van der Waals surface area contributed by atoms with Crippen molar-refractivity contribution in [2.45, 2.75) is 45.6 Å². The lowest BCUT2D eigenvalue weighted by molar-refractivity contribution is 0.101. The number of hydrogen-bond donors (Lipinski definition) is 0. The van der Waals surface area contributed by atoms with Crippen molar-refractivity contribution in [3.05, 3.63) is 29.8 Å². The lowest BCUT2D eigenvalue weighted by Gasteiger charge is -2.38. The molecule has 17 heavy (non-hydrogen) atoms. The molecule has 2 heteroatoms. The van der Waals surface area contributed by atoms with Gasteiger partial charge < -0.3 is 4.90 Å². The molecular weight excluding hydrogens is 210 g/mol. The molecule has 0 radical (unpaired) electrons. The Labute approximate surface area is 104 Å². The summed E-state index contributed by atoms with van der Waals surface area (Å²) in [5, 5.41) is 0. The van der Waals surface area contributed by atoms with Crippen LogP contribution in [0.2, 0.25) is 0 Å². The van der Waals surface area contributed by atoms with E-state index in [1.165, 1.54) is 19.3 Å². The van der Waals surface area contributed by atoms with Crippen LogP contribution in [0, 0.1) is 0 Å². The van der Waals surface area contributed by atoms with E-state index in [-0.39, 0.29) is 5.78 Å².